The monoisotopic (exact) mass is 1530 g/mol. The maximum atomic E-state index is 15.0. The van der Waals surface area contributed by atoms with Gasteiger partial charge in [0.05, 0.1) is 52.7 Å². The molecule has 538 valence electrons. The summed E-state index contributed by atoms with van der Waals surface area (Å²) in [6.07, 6.45) is 2.32. The van der Waals surface area contributed by atoms with Crippen LogP contribution in [0.25, 0.3) is 27.1 Å². The van der Waals surface area contributed by atoms with Gasteiger partial charge in [0, 0.05) is 52.2 Å². The number of nitrogens with zero attached hydrogens (tertiary/aromatic N) is 8. The third kappa shape index (κ3) is 18.1. The molecule has 11 rings (SSSR count). The number of carbonyl (C=O) groups is 12. The van der Waals surface area contributed by atoms with Crippen molar-refractivity contribution in [2.45, 2.75) is 113 Å². The topological polar surface area (TPSA) is 513 Å². The maximum Gasteiger partial charge on any atom is 0.327 e. The summed E-state index contributed by atoms with van der Waals surface area (Å²) in [4.78, 5) is 201. The first-order valence-corrected chi connectivity index (χ1v) is 38.1. The number of hydrogen-bond donors (Lipinski definition) is 14. The summed E-state index contributed by atoms with van der Waals surface area (Å²) in [5.41, 5.74) is 12.2. The average molecular weight is 1530 g/mol. The van der Waals surface area contributed by atoms with Crippen molar-refractivity contribution in [3.63, 3.8) is 0 Å². The molecule has 1 saturated heterocycles. The van der Waals surface area contributed by atoms with Crippen LogP contribution in [0.2, 0.25) is 0 Å². The van der Waals surface area contributed by atoms with Gasteiger partial charge >= 0.3 is 5.97 Å². The van der Waals surface area contributed by atoms with E-state index >= 15 is 4.79 Å². The number of primary amides is 1. The molecule has 41 heteroatoms. The number of nitrogens with one attached hydrogen (secondary N) is 11. The van der Waals surface area contributed by atoms with E-state index in [-0.39, 0.29) is 83.0 Å². The third-order valence-electron chi connectivity index (χ3n) is 16.1. The molecule has 3 unspecified atom stereocenters. The highest BCUT2D eigenvalue weighted by Gasteiger charge is 2.43. The van der Waals surface area contributed by atoms with Crippen molar-refractivity contribution in [1.29, 1.82) is 5.41 Å². The molecule has 0 aromatic carbocycles. The van der Waals surface area contributed by atoms with Crippen LogP contribution in [-0.4, -0.2) is 212 Å². The molecule has 7 aliphatic heterocycles. The van der Waals surface area contributed by atoms with Crippen molar-refractivity contribution in [2.24, 2.45) is 26.4 Å². The van der Waals surface area contributed by atoms with Crippen LogP contribution in [0, 0.1) is 5.41 Å². The van der Waals surface area contributed by atoms with Crippen molar-refractivity contribution < 1.29 is 62.6 Å². The third-order valence-corrected chi connectivity index (χ3v) is 23.4. The Balaban J connectivity index is 1.05. The van der Waals surface area contributed by atoms with Crippen molar-refractivity contribution in [1.82, 2.24) is 78.0 Å². The molecule has 16 bridgehead atoms. The van der Waals surface area contributed by atoms with Gasteiger partial charge in [-0.3, -0.25) is 73.1 Å². The van der Waals surface area contributed by atoms with Crippen LogP contribution in [0.3, 0.4) is 0 Å². The summed E-state index contributed by atoms with van der Waals surface area (Å²) in [5, 5.41) is 51.8. The van der Waals surface area contributed by atoms with Crippen molar-refractivity contribution in [3.8, 4) is 21.4 Å². The Kier molecular flexibility index (Phi) is 24.4. The molecule has 1 fully saturated rings. The molecule has 0 spiro atoms. The lowest BCUT2D eigenvalue weighted by Crippen LogP contribution is -2.60. The van der Waals surface area contributed by atoms with E-state index in [9.17, 15) is 57.8 Å². The highest BCUT2D eigenvalue weighted by molar-refractivity contribution is 8.15. The van der Waals surface area contributed by atoms with Crippen molar-refractivity contribution in [3.05, 3.63) is 86.1 Å². The SMILES string of the molecule is C=C1NC(=O)[C@@H]2CSC(=N2)c2csc(n2)-c2ccc3c(n2)C(C)NC(=O)[C@@H]2CCCN2C(=O)/C(=C/C)NC(=O)CNC(=O)[C@H](CCCNC(=N)N)NC(=O)C(C)(NC(=O)/C(=C/C)NC(=O)[C@H]2CSC(=N2)C(CC(N)=O)NC3=O)SC[C@@H](C(=O)O)NC(=O)[C@H]2CSC(=N2)c2csc(n2)-c2csc1n2. The lowest BCUT2D eigenvalue weighted by Gasteiger charge is -2.32. The van der Waals surface area contributed by atoms with Gasteiger partial charge in [0.15, 0.2) is 10.8 Å². The Hall–Kier alpha value is -9.42. The second-order valence-corrected chi connectivity index (χ2v) is 30.5. The molecule has 11 heterocycles. The van der Waals surface area contributed by atoms with Gasteiger partial charge in [-0.05, 0) is 65.5 Å². The minimum Gasteiger partial charge on any atom is -0.480 e. The molecular formula is C61H69N21O13S7. The Morgan fingerprint density at radius 3 is 2.01 bits per heavy atom. The molecular weight excluding hydrogens is 1460 g/mol. The number of thioether (sulfide) groups is 4. The second-order valence-electron chi connectivity index (χ2n) is 23.5. The fourth-order valence-corrected chi connectivity index (χ4v) is 17.5. The second kappa shape index (κ2) is 33.1. The number of carboxylic acid groups (broad SMARTS) is 1. The van der Waals surface area contributed by atoms with Gasteiger partial charge in [-0.1, -0.05) is 18.7 Å². The van der Waals surface area contributed by atoms with E-state index in [0.717, 1.165) is 11.8 Å². The molecule has 16 N–H and O–H groups in total. The highest BCUT2D eigenvalue weighted by Crippen LogP contribution is 2.35. The summed E-state index contributed by atoms with van der Waals surface area (Å²) in [6.45, 7) is 8.94. The normalized spacial score (nSPS) is 26.1. The minimum absolute atomic E-state index is 0.000233. The zero-order chi connectivity index (χ0) is 73.3. The Morgan fingerprint density at radius 1 is 0.716 bits per heavy atom. The number of hydrogen-bond acceptors (Lipinski definition) is 27. The summed E-state index contributed by atoms with van der Waals surface area (Å²) < 4.78 is 0. The van der Waals surface area contributed by atoms with Crippen LogP contribution in [0.15, 0.2) is 73.4 Å². The first-order chi connectivity index (χ1) is 48.7. The zero-order valence-electron chi connectivity index (χ0n) is 54.8. The number of aliphatic carboxylic acids is 1. The van der Waals surface area contributed by atoms with E-state index in [1.165, 1.54) is 107 Å². The number of aliphatic imine (C=N–C) groups is 3. The molecule has 4 aromatic heterocycles. The number of allylic oxidation sites excluding steroid dienone is 2. The molecule has 7 aliphatic rings. The first-order valence-electron chi connectivity index (χ1n) is 31.5. The van der Waals surface area contributed by atoms with Gasteiger partial charge in [-0.25, -0.2) is 24.7 Å². The number of nitrogens with two attached hydrogens (primary N) is 2. The molecule has 0 aliphatic carbocycles. The number of carbonyl (C=O) groups excluding carboxylic acids is 11. The number of carboxylic acids is 1. The van der Waals surface area contributed by atoms with Crippen molar-refractivity contribution >= 4 is 179 Å². The zero-order valence-corrected chi connectivity index (χ0v) is 60.5. The molecule has 9 atom stereocenters. The van der Waals surface area contributed by atoms with E-state index in [0.29, 0.717) is 60.4 Å². The van der Waals surface area contributed by atoms with E-state index in [1.807, 2.05) is 0 Å². The van der Waals surface area contributed by atoms with Gasteiger partial charge in [0.25, 0.3) is 23.6 Å². The average Bonchev–Trinajstić information content (AvgIpc) is 1.71. The van der Waals surface area contributed by atoms with Crippen LogP contribution in [-0.2, 0) is 52.7 Å². The molecule has 0 radical (unpaired) electrons. The Labute approximate surface area is 610 Å². The van der Waals surface area contributed by atoms with Crippen LogP contribution in [0.5, 0.6) is 0 Å². The van der Waals surface area contributed by atoms with E-state index in [1.54, 1.807) is 23.1 Å². The lowest BCUT2D eigenvalue weighted by molar-refractivity contribution is -0.141. The molecule has 34 nitrogen and oxygen atoms in total. The largest absolute Gasteiger partial charge is 0.480 e. The Morgan fingerprint density at radius 2 is 1.34 bits per heavy atom. The molecule has 11 amide bonds. The van der Waals surface area contributed by atoms with Crippen LogP contribution in [0.1, 0.15) is 98.3 Å². The van der Waals surface area contributed by atoms with Gasteiger partial charge in [-0.15, -0.1) is 81.1 Å². The first kappa shape index (κ1) is 75.2. The molecule has 102 heavy (non-hydrogen) atoms. The molecule has 4 aromatic rings. The lowest BCUT2D eigenvalue weighted by atomic mass is 10.0. The fourth-order valence-electron chi connectivity index (χ4n) is 10.8. The van der Waals surface area contributed by atoms with E-state index in [4.69, 9.17) is 36.8 Å². The smallest absolute Gasteiger partial charge is 0.327 e. The maximum absolute atomic E-state index is 15.0. The summed E-state index contributed by atoms with van der Waals surface area (Å²) in [5.74, 6) is -11.8. The summed E-state index contributed by atoms with van der Waals surface area (Å²) >= 11 is 7.63. The highest BCUT2D eigenvalue weighted by atomic mass is 32.2. The standard InChI is InChI=1S/C61H69N21O13S7/c1-6-28-49(90)81-61(5)59(95)80-30(10-8-14-65-60(63)64)45(86)66-17-42(84)69-29(7-2)57(92)82-15-9-11-40(82)50(91)67-25(3)43-27(44(85)72-32(16-41(62)83)53-74-34(19-97-53)47(88)71-28)12-13-31(70-43)52-78-37(22-100-52)54-75-33(18-98-54)46(87)68-26(4)51-77-36(21-96-51)56-79-38(23-101-56)55-76-35(20-99-55)48(89)73-39(24-102-61)58(93)94/h6-7,12-13,21-23,25,30,32-35,39-40H,4,8-11,14-20,24H2,1-3,5H3,(H2,62,83)(H,66,86)(H,67,91)(H,68,87)(H,69,84)(H,71,88)(H,72,85)(H,73,89)(H,80,95)(H,81,90)(H,93,94)(H4,63,64,65)/b28-6-,29-7-/t25?,30-,32?,33-,34+,35+,39-,40-,61?/m0/s1. The predicted octanol–water partition coefficient (Wildman–Crippen LogP) is 0.0186. The van der Waals surface area contributed by atoms with E-state index in [2.05, 4.69) is 74.7 Å². The van der Waals surface area contributed by atoms with Crippen LogP contribution >= 0.6 is 81.1 Å². The summed E-state index contributed by atoms with van der Waals surface area (Å²) in [7, 11) is 0. The number of rotatable bonds is 7. The van der Waals surface area contributed by atoms with E-state index < -0.39 is 155 Å². The number of fused-ring (bicyclic) bond motifs is 8. The van der Waals surface area contributed by atoms with Crippen molar-refractivity contribution in [2.75, 3.05) is 42.6 Å². The van der Waals surface area contributed by atoms with Gasteiger partial charge in [0.2, 0.25) is 41.4 Å². The predicted molar refractivity (Wildman–Crippen MR) is 388 cm³/mol. The number of amides is 11. The minimum atomic E-state index is -2.31. The van der Waals surface area contributed by atoms with Crippen LogP contribution < -0.4 is 64.6 Å². The quantitative estimate of drug-likeness (QED) is 0.0502. The van der Waals surface area contributed by atoms with Crippen LogP contribution in [0.4, 0.5) is 0 Å². The van der Waals surface area contributed by atoms with Gasteiger partial charge in [-0.2, -0.15) is 0 Å². The summed E-state index contributed by atoms with van der Waals surface area (Å²) in [6, 6.07) is -7.15. The fraction of sp³-hybridized carbons (Fsp3) is 0.410. The number of guanidine groups is 1. The number of thiazole rings is 3. The molecule has 0 saturated carbocycles. The number of aromatic nitrogens is 4. The van der Waals surface area contributed by atoms with Gasteiger partial charge < -0.3 is 74.6 Å². The van der Waals surface area contributed by atoms with Gasteiger partial charge in [0.1, 0.15) is 89.8 Å². The Bertz CT molecular complexity index is 4280. The number of pyridine rings is 1.